The number of hydrogen-bond acceptors (Lipinski definition) is 7. The molecule has 0 bridgehead atoms. The van der Waals surface area contributed by atoms with Crippen LogP contribution in [-0.2, 0) is 33.4 Å². The minimum atomic E-state index is -0.943. The third-order valence-electron chi connectivity index (χ3n) is 2.43. The Morgan fingerprint density at radius 2 is 1.67 bits per heavy atom. The number of amides is 1. The Balaban J connectivity index is 4.45. The second-order valence-electron chi connectivity index (χ2n) is 3.88. The molecule has 8 heteroatoms. The average Bonchev–Trinajstić information content (AvgIpc) is 2.50. The van der Waals surface area contributed by atoms with Crippen LogP contribution < -0.4 is 5.32 Å². The summed E-state index contributed by atoms with van der Waals surface area (Å²) in [6.07, 6.45) is 2.38. The highest BCUT2D eigenvalue weighted by Crippen LogP contribution is 2.00. The molecule has 0 spiro atoms. The van der Waals surface area contributed by atoms with Crippen molar-refractivity contribution in [2.24, 2.45) is 0 Å². The molecule has 0 rings (SSSR count). The van der Waals surface area contributed by atoms with E-state index in [1.165, 1.54) is 27.4 Å². The van der Waals surface area contributed by atoms with Crippen molar-refractivity contribution < 1.29 is 33.4 Å². The van der Waals surface area contributed by atoms with Gasteiger partial charge in [0.25, 0.3) is 0 Å². The van der Waals surface area contributed by atoms with Crippen LogP contribution in [0.4, 0.5) is 0 Å². The van der Waals surface area contributed by atoms with Crippen LogP contribution in [0.3, 0.4) is 0 Å². The van der Waals surface area contributed by atoms with Gasteiger partial charge in [-0.15, -0.1) is 0 Å². The summed E-state index contributed by atoms with van der Waals surface area (Å²) in [5.41, 5.74) is 0. The van der Waals surface area contributed by atoms with Gasteiger partial charge in [0.05, 0.1) is 27.8 Å². The van der Waals surface area contributed by atoms with E-state index in [0.717, 1.165) is 6.08 Å². The third-order valence-corrected chi connectivity index (χ3v) is 2.43. The number of esters is 3. The normalized spacial score (nSPS) is 11.6. The Morgan fingerprint density at radius 1 is 1.00 bits per heavy atom. The van der Waals surface area contributed by atoms with E-state index in [-0.39, 0.29) is 19.3 Å². The highest BCUT2D eigenvalue weighted by molar-refractivity contribution is 5.86. The van der Waals surface area contributed by atoms with Crippen molar-refractivity contribution in [1.29, 1.82) is 0 Å². The average molecular weight is 301 g/mol. The van der Waals surface area contributed by atoms with Crippen LogP contribution in [-0.4, -0.2) is 51.2 Å². The summed E-state index contributed by atoms with van der Waals surface area (Å²) < 4.78 is 13.3. The van der Waals surface area contributed by atoms with Gasteiger partial charge in [-0.1, -0.05) is 6.08 Å². The van der Waals surface area contributed by atoms with E-state index in [9.17, 15) is 19.2 Å². The van der Waals surface area contributed by atoms with Gasteiger partial charge < -0.3 is 19.5 Å². The lowest BCUT2D eigenvalue weighted by Crippen LogP contribution is -2.41. The van der Waals surface area contributed by atoms with Gasteiger partial charge in [0.2, 0.25) is 5.91 Å². The number of carbonyl (C=O) groups is 4. The van der Waals surface area contributed by atoms with Crippen molar-refractivity contribution in [1.82, 2.24) is 5.32 Å². The van der Waals surface area contributed by atoms with Crippen LogP contribution in [0.15, 0.2) is 12.2 Å². The molecule has 0 radical (unpaired) electrons. The molecule has 0 saturated heterocycles. The molecule has 0 aliphatic heterocycles. The number of nitrogens with one attached hydrogen (secondary N) is 1. The van der Waals surface area contributed by atoms with E-state index >= 15 is 0 Å². The van der Waals surface area contributed by atoms with E-state index in [4.69, 9.17) is 0 Å². The second kappa shape index (κ2) is 10.4. The molecule has 0 heterocycles. The van der Waals surface area contributed by atoms with Crippen molar-refractivity contribution in [3.05, 3.63) is 12.2 Å². The molecule has 0 aromatic rings. The first-order chi connectivity index (χ1) is 9.94. The summed E-state index contributed by atoms with van der Waals surface area (Å²) in [6, 6.07) is -0.943. The molecule has 1 N–H and O–H groups in total. The van der Waals surface area contributed by atoms with Crippen LogP contribution in [0.2, 0.25) is 0 Å². The Hall–Kier alpha value is -2.38. The fourth-order valence-electron chi connectivity index (χ4n) is 1.31. The van der Waals surface area contributed by atoms with Crippen molar-refractivity contribution in [3.8, 4) is 0 Å². The third kappa shape index (κ3) is 8.40. The minimum absolute atomic E-state index is 0.0612. The first-order valence-electron chi connectivity index (χ1n) is 6.13. The molecule has 1 atom stereocenters. The molecule has 0 aromatic carbocycles. The summed E-state index contributed by atoms with van der Waals surface area (Å²) in [7, 11) is 3.62. The Labute approximate surface area is 122 Å². The number of ether oxygens (including phenoxy) is 3. The molecule has 0 aromatic heterocycles. The van der Waals surface area contributed by atoms with Crippen LogP contribution in [0, 0.1) is 0 Å². The SMILES string of the molecule is COC(=O)/C=C/C[C@H](NC(=O)CCC(=O)OC)C(=O)OC. The van der Waals surface area contributed by atoms with E-state index < -0.39 is 29.9 Å². The van der Waals surface area contributed by atoms with Gasteiger partial charge >= 0.3 is 17.9 Å². The van der Waals surface area contributed by atoms with Gasteiger partial charge in [0.15, 0.2) is 0 Å². The maximum absolute atomic E-state index is 11.6. The zero-order valence-corrected chi connectivity index (χ0v) is 12.2. The second-order valence-corrected chi connectivity index (χ2v) is 3.88. The first kappa shape index (κ1) is 18.6. The Kier molecular flexibility index (Phi) is 9.23. The van der Waals surface area contributed by atoms with Gasteiger partial charge in [-0.25, -0.2) is 9.59 Å². The van der Waals surface area contributed by atoms with Crippen molar-refractivity contribution in [2.75, 3.05) is 21.3 Å². The van der Waals surface area contributed by atoms with E-state index in [0.29, 0.717) is 0 Å². The Bertz CT molecular complexity index is 417. The highest BCUT2D eigenvalue weighted by Gasteiger charge is 2.20. The summed E-state index contributed by atoms with van der Waals surface area (Å²) in [4.78, 5) is 44.9. The van der Waals surface area contributed by atoms with Crippen LogP contribution in [0.25, 0.3) is 0 Å². The number of hydrogen-bond donors (Lipinski definition) is 1. The smallest absolute Gasteiger partial charge is 0.330 e. The molecule has 0 aliphatic carbocycles. The zero-order valence-electron chi connectivity index (χ0n) is 12.2. The molecule has 1 amide bonds. The maximum atomic E-state index is 11.6. The lowest BCUT2D eigenvalue weighted by atomic mass is 10.2. The highest BCUT2D eigenvalue weighted by atomic mass is 16.5. The lowest BCUT2D eigenvalue weighted by Gasteiger charge is -2.14. The quantitative estimate of drug-likeness (QED) is 0.373. The van der Waals surface area contributed by atoms with E-state index in [2.05, 4.69) is 19.5 Å². The van der Waals surface area contributed by atoms with Crippen LogP contribution in [0.1, 0.15) is 19.3 Å². The zero-order chi connectivity index (χ0) is 16.3. The van der Waals surface area contributed by atoms with Gasteiger partial charge in [-0.05, 0) is 6.42 Å². The summed E-state index contributed by atoms with van der Waals surface area (Å²) >= 11 is 0. The van der Waals surface area contributed by atoms with Crippen molar-refractivity contribution >= 4 is 23.8 Å². The molecule has 118 valence electrons. The summed E-state index contributed by atoms with van der Waals surface area (Å²) in [5.74, 6) is -2.25. The predicted octanol–water partition coefficient (Wildman–Crippen LogP) is -0.283. The topological polar surface area (TPSA) is 108 Å². The lowest BCUT2D eigenvalue weighted by molar-refractivity contribution is -0.145. The van der Waals surface area contributed by atoms with Gasteiger partial charge in [0.1, 0.15) is 6.04 Å². The van der Waals surface area contributed by atoms with Gasteiger partial charge in [-0.2, -0.15) is 0 Å². The fourth-order valence-corrected chi connectivity index (χ4v) is 1.31. The molecule has 0 saturated carbocycles. The predicted molar refractivity (Wildman–Crippen MR) is 71.0 cm³/mol. The molecule has 0 aliphatic rings. The number of rotatable bonds is 8. The summed E-state index contributed by atoms with van der Waals surface area (Å²) in [6.45, 7) is 0. The maximum Gasteiger partial charge on any atom is 0.330 e. The standard InChI is InChI=1S/C13H19NO7/c1-19-11(16)6-4-5-9(13(18)21-3)14-10(15)7-8-12(17)20-2/h4,6,9H,5,7-8H2,1-3H3,(H,14,15)/b6-4+/t9-/m0/s1. The van der Waals surface area contributed by atoms with Crippen LogP contribution >= 0.6 is 0 Å². The van der Waals surface area contributed by atoms with Gasteiger partial charge in [0, 0.05) is 12.5 Å². The summed E-state index contributed by atoms with van der Waals surface area (Å²) in [5, 5.41) is 2.41. The first-order valence-corrected chi connectivity index (χ1v) is 6.13. The molecule has 21 heavy (non-hydrogen) atoms. The van der Waals surface area contributed by atoms with Crippen LogP contribution in [0.5, 0.6) is 0 Å². The molecule has 0 fully saturated rings. The number of carbonyl (C=O) groups excluding carboxylic acids is 4. The molecular formula is C13H19NO7. The fraction of sp³-hybridized carbons (Fsp3) is 0.538. The number of methoxy groups -OCH3 is 3. The van der Waals surface area contributed by atoms with Crippen molar-refractivity contribution in [2.45, 2.75) is 25.3 Å². The monoisotopic (exact) mass is 301 g/mol. The Morgan fingerprint density at radius 3 is 2.19 bits per heavy atom. The van der Waals surface area contributed by atoms with E-state index in [1.807, 2.05) is 0 Å². The molecule has 8 nitrogen and oxygen atoms in total. The van der Waals surface area contributed by atoms with Gasteiger partial charge in [-0.3, -0.25) is 9.59 Å². The minimum Gasteiger partial charge on any atom is -0.469 e. The largest absolute Gasteiger partial charge is 0.469 e. The van der Waals surface area contributed by atoms with E-state index in [1.54, 1.807) is 0 Å². The van der Waals surface area contributed by atoms with Crippen molar-refractivity contribution in [3.63, 3.8) is 0 Å². The molecular weight excluding hydrogens is 282 g/mol. The molecule has 0 unspecified atom stereocenters.